The maximum absolute atomic E-state index is 12.8. The van der Waals surface area contributed by atoms with Gasteiger partial charge in [0, 0.05) is 61.0 Å². The number of hydrogen-bond donors (Lipinski definition) is 4. The molecule has 12 nitrogen and oxygen atoms in total. The zero-order valence-corrected chi connectivity index (χ0v) is 26.1. The highest BCUT2D eigenvalue weighted by atomic mass is 35.5. The van der Waals surface area contributed by atoms with Crippen molar-refractivity contribution in [2.24, 2.45) is 0 Å². The molecule has 0 saturated heterocycles. The molecule has 1 heterocycles. The summed E-state index contributed by atoms with van der Waals surface area (Å²) in [6.45, 7) is 3.54. The Morgan fingerprint density at radius 2 is 1.64 bits per heavy atom. The van der Waals surface area contributed by atoms with Gasteiger partial charge in [0.25, 0.3) is 5.91 Å². The second kappa shape index (κ2) is 16.7. The topological polar surface area (TPSA) is 145 Å². The van der Waals surface area contributed by atoms with Crippen LogP contribution in [-0.4, -0.2) is 83.0 Å². The van der Waals surface area contributed by atoms with E-state index in [9.17, 15) is 9.59 Å². The van der Waals surface area contributed by atoms with Gasteiger partial charge in [-0.1, -0.05) is 11.6 Å². The lowest BCUT2D eigenvalue weighted by atomic mass is 10.1. The first-order valence-electron chi connectivity index (χ1n) is 14.6. The minimum atomic E-state index is -0.425. The van der Waals surface area contributed by atoms with Crippen molar-refractivity contribution < 1.29 is 33.3 Å². The van der Waals surface area contributed by atoms with Gasteiger partial charge < -0.3 is 39.6 Å². The predicted octanol–water partition coefficient (Wildman–Crippen LogP) is 4.55. The van der Waals surface area contributed by atoms with Crippen molar-refractivity contribution in [3.05, 3.63) is 57.6 Å². The molecule has 4 rings (SSSR count). The Hall–Kier alpha value is -4.00. The first-order valence-corrected chi connectivity index (χ1v) is 14.9. The molecule has 4 N–H and O–H groups in total. The monoisotopic (exact) mass is 629 g/mol. The van der Waals surface area contributed by atoms with Gasteiger partial charge in [-0.3, -0.25) is 9.89 Å². The number of ether oxygens (including phenoxy) is 5. The summed E-state index contributed by atoms with van der Waals surface area (Å²) in [5.41, 5.74) is 5.48. The van der Waals surface area contributed by atoms with E-state index in [0.717, 1.165) is 46.6 Å². The minimum Gasteiger partial charge on any atom is -0.493 e. The maximum Gasteiger partial charge on any atom is 0.406 e. The minimum absolute atomic E-state index is 0.174. The lowest BCUT2D eigenvalue weighted by molar-refractivity contribution is 0.0455. The number of benzene rings is 2. The van der Waals surface area contributed by atoms with Gasteiger partial charge in [-0.05, 0) is 60.7 Å². The van der Waals surface area contributed by atoms with Gasteiger partial charge in [0.15, 0.2) is 17.3 Å². The summed E-state index contributed by atoms with van der Waals surface area (Å²) in [6, 6.07) is 9.19. The number of nitrogens with zero attached hydrogens (tertiary/aromatic N) is 1. The Morgan fingerprint density at radius 1 is 0.909 bits per heavy atom. The van der Waals surface area contributed by atoms with E-state index in [-0.39, 0.29) is 5.91 Å². The average Bonchev–Trinajstić information content (AvgIpc) is 3.60. The maximum atomic E-state index is 12.8. The molecule has 0 radical (unpaired) electrons. The number of amides is 2. The average molecular weight is 630 g/mol. The van der Waals surface area contributed by atoms with E-state index in [4.69, 9.17) is 30.5 Å². The number of carbonyl (C=O) groups is 2. The Kier molecular flexibility index (Phi) is 12.5. The van der Waals surface area contributed by atoms with E-state index in [1.54, 1.807) is 32.4 Å². The van der Waals surface area contributed by atoms with Crippen LogP contribution in [0.1, 0.15) is 46.3 Å². The van der Waals surface area contributed by atoms with E-state index in [0.29, 0.717) is 81.0 Å². The summed E-state index contributed by atoms with van der Waals surface area (Å²) in [6.07, 6.45) is 2.61. The Morgan fingerprint density at radius 3 is 2.39 bits per heavy atom. The van der Waals surface area contributed by atoms with Gasteiger partial charge >= 0.3 is 6.09 Å². The van der Waals surface area contributed by atoms with Crippen LogP contribution in [0.4, 0.5) is 10.6 Å². The van der Waals surface area contributed by atoms with Crippen molar-refractivity contribution in [1.82, 2.24) is 20.8 Å². The second-order valence-electron chi connectivity index (χ2n) is 10.1. The summed E-state index contributed by atoms with van der Waals surface area (Å²) >= 11 is 6.47. The third-order valence-corrected chi connectivity index (χ3v) is 7.53. The second-order valence-corrected chi connectivity index (χ2v) is 10.5. The summed E-state index contributed by atoms with van der Waals surface area (Å²) in [5.74, 6) is 1.91. The van der Waals surface area contributed by atoms with E-state index < -0.39 is 6.09 Å². The molecular weight excluding hydrogens is 590 g/mol. The van der Waals surface area contributed by atoms with E-state index in [1.807, 2.05) is 12.1 Å². The molecule has 0 fully saturated rings. The third kappa shape index (κ3) is 8.77. The molecule has 0 unspecified atom stereocenters. The van der Waals surface area contributed by atoms with E-state index in [1.165, 1.54) is 7.11 Å². The molecule has 2 aromatic carbocycles. The quantitative estimate of drug-likeness (QED) is 0.116. The number of aromatic nitrogens is 2. The van der Waals surface area contributed by atoms with Crippen LogP contribution in [0.15, 0.2) is 30.3 Å². The Bertz CT molecular complexity index is 1410. The molecule has 3 aromatic rings. The molecule has 2 amide bonds. The largest absolute Gasteiger partial charge is 0.493 e. The fraction of sp³-hybridized carbons (Fsp3) is 0.452. The van der Waals surface area contributed by atoms with Crippen LogP contribution >= 0.6 is 11.6 Å². The zero-order chi connectivity index (χ0) is 31.3. The SMILES string of the molecule is COC(=O)NCCCCOCCOCCCNC(=O)c1ccc(Cl)c(CNc2n[nH]c3c2Cc2cc(OC)c(OC)cc2-3)c1. The third-order valence-electron chi connectivity index (χ3n) is 7.16. The predicted molar refractivity (Wildman–Crippen MR) is 167 cm³/mol. The van der Waals surface area contributed by atoms with Crippen LogP contribution in [0, 0.1) is 0 Å². The van der Waals surface area contributed by atoms with Crippen LogP contribution < -0.4 is 25.4 Å². The number of carbonyl (C=O) groups excluding carboxylic acids is 2. The molecule has 13 heteroatoms. The first kappa shape index (κ1) is 32.9. The van der Waals surface area contributed by atoms with Crippen molar-refractivity contribution in [3.8, 4) is 22.8 Å². The molecule has 0 atom stereocenters. The molecule has 1 aliphatic rings. The highest BCUT2D eigenvalue weighted by Crippen LogP contribution is 2.44. The molecule has 0 bridgehead atoms. The number of nitrogens with one attached hydrogen (secondary N) is 4. The molecule has 0 spiro atoms. The summed E-state index contributed by atoms with van der Waals surface area (Å²) in [7, 11) is 4.58. The lowest BCUT2D eigenvalue weighted by Gasteiger charge is -2.11. The zero-order valence-electron chi connectivity index (χ0n) is 25.3. The number of anilines is 1. The molecule has 1 aliphatic carbocycles. The van der Waals surface area contributed by atoms with E-state index >= 15 is 0 Å². The van der Waals surface area contributed by atoms with Crippen LogP contribution in [0.3, 0.4) is 0 Å². The Labute approximate surface area is 262 Å². The van der Waals surface area contributed by atoms with E-state index in [2.05, 4.69) is 30.9 Å². The number of hydrogen-bond acceptors (Lipinski definition) is 9. The van der Waals surface area contributed by atoms with Gasteiger partial charge in [-0.2, -0.15) is 5.10 Å². The number of fused-ring (bicyclic) bond motifs is 3. The van der Waals surface area contributed by atoms with Crippen molar-refractivity contribution in [2.75, 3.05) is 66.2 Å². The van der Waals surface area contributed by atoms with Crippen molar-refractivity contribution in [1.29, 1.82) is 0 Å². The van der Waals surface area contributed by atoms with Gasteiger partial charge in [0.05, 0.1) is 40.2 Å². The standard InChI is InChI=1S/C31H40ClN5O7/c1-40-26-17-21-16-24-28(23(21)18-27(26)41-2)36-37-29(24)35-19-22-15-20(7-8-25(22)32)30(38)33-10-6-12-44-14-13-43-11-5-4-9-34-31(39)42-3/h7-8,15,17-18H,4-6,9-14,16,19H2,1-3H3,(H,33,38)(H,34,39)(H2,35,36,37). The van der Waals surface area contributed by atoms with Gasteiger partial charge in [0.1, 0.15) is 0 Å². The fourth-order valence-corrected chi connectivity index (χ4v) is 5.00. The number of rotatable bonds is 18. The van der Waals surface area contributed by atoms with Crippen molar-refractivity contribution in [2.45, 2.75) is 32.2 Å². The molecule has 44 heavy (non-hydrogen) atoms. The normalized spacial score (nSPS) is 11.5. The smallest absolute Gasteiger partial charge is 0.406 e. The van der Waals surface area contributed by atoms with Crippen molar-refractivity contribution >= 4 is 29.4 Å². The fourth-order valence-electron chi connectivity index (χ4n) is 4.82. The molecular formula is C31H40ClN5O7. The molecule has 1 aromatic heterocycles. The number of unbranched alkanes of at least 4 members (excludes halogenated alkanes) is 1. The number of H-pyrrole nitrogens is 1. The summed E-state index contributed by atoms with van der Waals surface area (Å²) in [4.78, 5) is 23.7. The van der Waals surface area contributed by atoms with Crippen LogP contribution in [0.2, 0.25) is 5.02 Å². The summed E-state index contributed by atoms with van der Waals surface area (Å²) in [5, 5.41) is 17.1. The molecule has 0 aliphatic heterocycles. The van der Waals surface area contributed by atoms with Crippen LogP contribution in [0.25, 0.3) is 11.3 Å². The van der Waals surface area contributed by atoms with Crippen LogP contribution in [0.5, 0.6) is 11.5 Å². The van der Waals surface area contributed by atoms with Crippen LogP contribution in [-0.2, 0) is 27.2 Å². The van der Waals surface area contributed by atoms with Gasteiger partial charge in [-0.25, -0.2) is 4.79 Å². The van der Waals surface area contributed by atoms with Gasteiger partial charge in [0.2, 0.25) is 0 Å². The summed E-state index contributed by atoms with van der Waals surface area (Å²) < 4.78 is 26.5. The van der Waals surface area contributed by atoms with Gasteiger partial charge in [-0.15, -0.1) is 0 Å². The lowest BCUT2D eigenvalue weighted by Crippen LogP contribution is -2.25. The first-order chi connectivity index (χ1) is 21.4. The van der Waals surface area contributed by atoms with Crippen molar-refractivity contribution in [3.63, 3.8) is 0 Å². The highest BCUT2D eigenvalue weighted by Gasteiger charge is 2.26. The number of halogens is 1. The molecule has 0 saturated carbocycles. The number of alkyl carbamates (subject to hydrolysis) is 1. The highest BCUT2D eigenvalue weighted by molar-refractivity contribution is 6.31. The molecule has 238 valence electrons. The number of aromatic amines is 1. The number of methoxy groups -OCH3 is 3. The Balaban J connectivity index is 1.15.